The van der Waals surface area contributed by atoms with Crippen LogP contribution in [0.3, 0.4) is 0 Å². The van der Waals surface area contributed by atoms with E-state index >= 15 is 0 Å². The number of anilines is 3. The zero-order valence-electron chi connectivity index (χ0n) is 28.4. The maximum Gasteiger partial charge on any atom is 0.0640 e. The number of nitrogens with zero attached hydrogens (tertiary/aromatic N) is 1. The molecular weight excluding hydrogens is 647 g/mol. The first kappa shape index (κ1) is 30.4. The Bertz CT molecular complexity index is 2770. The molecule has 10 aromatic rings. The van der Waals surface area contributed by atoms with Crippen LogP contribution in [0.15, 0.2) is 200 Å². The standard InChI is InChI=1S/C50H33NS/c1-4-14-34(15-5-1)36-24-28-39(29-25-36)51(40-30-26-37(27-31-40)35-16-6-2-7-17-35)46-33-32-41(38-18-8-3-9-19-38)47-48-44-22-12-10-20-42(44)43-21-11-13-23-45(43)49(48)52-50(46)47/h1-33H. The molecule has 10 rings (SSSR count). The summed E-state index contributed by atoms with van der Waals surface area (Å²) in [6.45, 7) is 0. The second-order valence-corrected chi connectivity index (χ2v) is 14.3. The summed E-state index contributed by atoms with van der Waals surface area (Å²) >= 11 is 1.92. The highest BCUT2D eigenvalue weighted by Crippen LogP contribution is 2.52. The summed E-state index contributed by atoms with van der Waals surface area (Å²) in [6, 6.07) is 72.7. The van der Waals surface area contributed by atoms with E-state index in [-0.39, 0.29) is 0 Å². The van der Waals surface area contributed by atoms with Crippen molar-refractivity contribution in [2.45, 2.75) is 0 Å². The highest BCUT2D eigenvalue weighted by molar-refractivity contribution is 7.27. The fraction of sp³-hybridized carbons (Fsp3) is 0. The maximum atomic E-state index is 2.44. The van der Waals surface area contributed by atoms with Crippen LogP contribution in [0.5, 0.6) is 0 Å². The quantitative estimate of drug-likeness (QED) is 0.158. The van der Waals surface area contributed by atoms with Gasteiger partial charge < -0.3 is 4.90 Å². The van der Waals surface area contributed by atoms with Crippen LogP contribution in [0.25, 0.3) is 75.1 Å². The molecule has 0 radical (unpaired) electrons. The Kier molecular flexibility index (Phi) is 7.41. The van der Waals surface area contributed by atoms with Gasteiger partial charge >= 0.3 is 0 Å². The van der Waals surface area contributed by atoms with Crippen LogP contribution in [0.2, 0.25) is 0 Å². The van der Waals surface area contributed by atoms with Gasteiger partial charge in [0.25, 0.3) is 0 Å². The number of rotatable bonds is 6. The van der Waals surface area contributed by atoms with Crippen molar-refractivity contribution in [2.24, 2.45) is 0 Å². The Labute approximate surface area is 307 Å². The molecule has 244 valence electrons. The van der Waals surface area contributed by atoms with Gasteiger partial charge in [-0.1, -0.05) is 170 Å². The van der Waals surface area contributed by atoms with Gasteiger partial charge in [-0.15, -0.1) is 11.3 Å². The van der Waals surface area contributed by atoms with E-state index in [2.05, 4.69) is 205 Å². The largest absolute Gasteiger partial charge is 0.309 e. The molecule has 1 aromatic heterocycles. The van der Waals surface area contributed by atoms with E-state index in [1.807, 2.05) is 11.3 Å². The van der Waals surface area contributed by atoms with Gasteiger partial charge in [0.15, 0.2) is 0 Å². The SMILES string of the molecule is c1ccc(-c2ccc(N(c3ccc(-c4ccccc4)cc3)c3ccc(-c4ccccc4)c4c3sc3c5ccccc5c5ccccc5c34)cc2)cc1. The van der Waals surface area contributed by atoms with Gasteiger partial charge in [0.2, 0.25) is 0 Å². The predicted molar refractivity (Wildman–Crippen MR) is 225 cm³/mol. The van der Waals surface area contributed by atoms with E-state index in [1.165, 1.54) is 80.8 Å². The summed E-state index contributed by atoms with van der Waals surface area (Å²) < 4.78 is 2.60. The van der Waals surface area contributed by atoms with E-state index in [0.29, 0.717) is 0 Å². The van der Waals surface area contributed by atoms with E-state index in [0.717, 1.165) is 11.4 Å². The molecule has 0 fully saturated rings. The predicted octanol–water partition coefficient (Wildman–Crippen LogP) is 14.8. The first-order chi connectivity index (χ1) is 25.8. The van der Waals surface area contributed by atoms with Gasteiger partial charge in [-0.05, 0) is 79.9 Å². The minimum absolute atomic E-state index is 1.12. The molecule has 0 unspecified atom stereocenters. The average molecular weight is 680 g/mol. The topological polar surface area (TPSA) is 3.24 Å². The molecule has 0 aliphatic rings. The molecule has 1 heterocycles. The molecule has 2 heteroatoms. The summed E-state index contributed by atoms with van der Waals surface area (Å²) in [5.74, 6) is 0. The molecule has 0 atom stereocenters. The highest BCUT2D eigenvalue weighted by Gasteiger charge is 2.23. The molecule has 52 heavy (non-hydrogen) atoms. The Balaban J connectivity index is 1.27. The second kappa shape index (κ2) is 12.7. The minimum atomic E-state index is 1.12. The summed E-state index contributed by atoms with van der Waals surface area (Å²) in [7, 11) is 0. The first-order valence-corrected chi connectivity index (χ1v) is 18.6. The van der Waals surface area contributed by atoms with E-state index < -0.39 is 0 Å². The minimum Gasteiger partial charge on any atom is -0.309 e. The van der Waals surface area contributed by atoms with Crippen LogP contribution in [0.1, 0.15) is 0 Å². The lowest BCUT2D eigenvalue weighted by atomic mass is 9.93. The second-order valence-electron chi connectivity index (χ2n) is 13.3. The lowest BCUT2D eigenvalue weighted by Crippen LogP contribution is -2.10. The van der Waals surface area contributed by atoms with E-state index in [9.17, 15) is 0 Å². The van der Waals surface area contributed by atoms with Crippen molar-refractivity contribution in [3.05, 3.63) is 200 Å². The average Bonchev–Trinajstić information content (AvgIpc) is 3.64. The van der Waals surface area contributed by atoms with Crippen molar-refractivity contribution in [1.29, 1.82) is 0 Å². The zero-order valence-corrected chi connectivity index (χ0v) is 29.2. The van der Waals surface area contributed by atoms with Gasteiger partial charge in [0.05, 0.1) is 10.4 Å². The van der Waals surface area contributed by atoms with Crippen molar-refractivity contribution in [3.8, 4) is 33.4 Å². The lowest BCUT2D eigenvalue weighted by Gasteiger charge is -2.27. The summed E-state index contributed by atoms with van der Waals surface area (Å²) in [5.41, 5.74) is 10.7. The number of fused-ring (bicyclic) bond motifs is 8. The normalized spacial score (nSPS) is 11.5. The molecule has 0 saturated carbocycles. The van der Waals surface area contributed by atoms with E-state index in [4.69, 9.17) is 0 Å². The van der Waals surface area contributed by atoms with Gasteiger partial charge in [-0.25, -0.2) is 0 Å². The third-order valence-electron chi connectivity index (χ3n) is 10.3. The van der Waals surface area contributed by atoms with Crippen LogP contribution >= 0.6 is 11.3 Å². The molecule has 0 spiro atoms. The van der Waals surface area contributed by atoms with Gasteiger partial charge in [-0.2, -0.15) is 0 Å². The van der Waals surface area contributed by atoms with Crippen LogP contribution in [-0.2, 0) is 0 Å². The van der Waals surface area contributed by atoms with Gasteiger partial charge in [0, 0.05) is 32.2 Å². The summed E-state index contributed by atoms with van der Waals surface area (Å²) in [6.07, 6.45) is 0. The van der Waals surface area contributed by atoms with Gasteiger partial charge in [-0.3, -0.25) is 0 Å². The third-order valence-corrected chi connectivity index (χ3v) is 11.5. The molecule has 0 N–H and O–H groups in total. The molecule has 1 nitrogen and oxygen atoms in total. The number of hydrogen-bond donors (Lipinski definition) is 0. The molecule has 0 bridgehead atoms. The van der Waals surface area contributed by atoms with Crippen LogP contribution in [-0.4, -0.2) is 0 Å². The molecule has 0 saturated heterocycles. The highest BCUT2D eigenvalue weighted by atomic mass is 32.1. The van der Waals surface area contributed by atoms with E-state index in [1.54, 1.807) is 0 Å². The molecule has 9 aromatic carbocycles. The Morgan fingerprint density at radius 2 is 0.712 bits per heavy atom. The molecule has 0 aliphatic carbocycles. The van der Waals surface area contributed by atoms with Crippen molar-refractivity contribution in [2.75, 3.05) is 4.90 Å². The Hall–Kier alpha value is -6.48. The molecule has 0 amide bonds. The first-order valence-electron chi connectivity index (χ1n) is 17.8. The fourth-order valence-corrected chi connectivity index (χ4v) is 9.20. The number of thiophene rings is 1. The molecule has 0 aliphatic heterocycles. The molecular formula is C50H33NS. The third kappa shape index (κ3) is 5.07. The summed E-state index contributed by atoms with van der Waals surface area (Å²) in [4.78, 5) is 2.44. The lowest BCUT2D eigenvalue weighted by molar-refractivity contribution is 1.30. The van der Waals surface area contributed by atoms with Crippen LogP contribution in [0.4, 0.5) is 17.1 Å². The maximum absolute atomic E-state index is 2.44. The van der Waals surface area contributed by atoms with Gasteiger partial charge in [0.1, 0.15) is 0 Å². The van der Waals surface area contributed by atoms with Crippen molar-refractivity contribution < 1.29 is 0 Å². The number of benzene rings is 9. The van der Waals surface area contributed by atoms with Crippen molar-refractivity contribution in [1.82, 2.24) is 0 Å². The number of hydrogen-bond acceptors (Lipinski definition) is 2. The van der Waals surface area contributed by atoms with Crippen LogP contribution < -0.4 is 4.90 Å². The van der Waals surface area contributed by atoms with Crippen molar-refractivity contribution in [3.63, 3.8) is 0 Å². The fourth-order valence-electron chi connectivity index (χ4n) is 7.82. The summed E-state index contributed by atoms with van der Waals surface area (Å²) in [5, 5.41) is 7.81. The van der Waals surface area contributed by atoms with Crippen LogP contribution in [0, 0.1) is 0 Å². The monoisotopic (exact) mass is 679 g/mol. The smallest absolute Gasteiger partial charge is 0.0640 e. The Morgan fingerprint density at radius 3 is 1.25 bits per heavy atom. The van der Waals surface area contributed by atoms with Crippen molar-refractivity contribution >= 4 is 70.1 Å². The Morgan fingerprint density at radius 1 is 0.288 bits per heavy atom. The zero-order chi connectivity index (χ0) is 34.4.